The standard InChI is InChI=1S/C23H28N4O6/c1-16-8-10-18(14-20(16)26(30)31)22(28)24-12-6-4-3-5-7-13-25-23(29)19-11-9-17(2)21(15-19)27(32)33/h8-11,14-15H,3-7,12-13H2,1-2H3,(H,24,28)(H,25,29). The SMILES string of the molecule is Cc1ccc(C(=O)NCCCCCCCNC(=O)c2ccc(C)c([N+](=O)[O-])c2)cc1[N+](=O)[O-]. The molecule has 0 aliphatic carbocycles. The summed E-state index contributed by atoms with van der Waals surface area (Å²) < 4.78 is 0. The van der Waals surface area contributed by atoms with E-state index in [2.05, 4.69) is 10.6 Å². The Morgan fingerprint density at radius 2 is 1.06 bits per heavy atom. The minimum Gasteiger partial charge on any atom is -0.352 e. The van der Waals surface area contributed by atoms with Gasteiger partial charge in [0, 0.05) is 47.5 Å². The average Bonchev–Trinajstić information content (AvgIpc) is 2.77. The van der Waals surface area contributed by atoms with Crippen LogP contribution in [-0.2, 0) is 0 Å². The van der Waals surface area contributed by atoms with Gasteiger partial charge in [0.2, 0.25) is 0 Å². The fourth-order valence-electron chi connectivity index (χ4n) is 3.28. The molecular weight excluding hydrogens is 428 g/mol. The molecule has 10 nitrogen and oxygen atoms in total. The first-order valence-corrected chi connectivity index (χ1v) is 10.8. The second-order valence-corrected chi connectivity index (χ2v) is 7.80. The van der Waals surface area contributed by atoms with Crippen molar-refractivity contribution < 1.29 is 19.4 Å². The number of amides is 2. The van der Waals surface area contributed by atoms with E-state index in [4.69, 9.17) is 0 Å². The molecule has 0 aliphatic heterocycles. The molecule has 2 amide bonds. The van der Waals surface area contributed by atoms with Crippen LogP contribution in [0.4, 0.5) is 11.4 Å². The Balaban J connectivity index is 1.60. The molecule has 0 spiro atoms. The van der Waals surface area contributed by atoms with Crippen LogP contribution < -0.4 is 10.6 Å². The number of carbonyl (C=O) groups is 2. The van der Waals surface area contributed by atoms with Gasteiger partial charge in [-0.1, -0.05) is 31.4 Å². The molecule has 0 atom stereocenters. The fraction of sp³-hybridized carbons (Fsp3) is 0.391. The number of aryl methyl sites for hydroxylation is 2. The highest BCUT2D eigenvalue weighted by Crippen LogP contribution is 2.20. The van der Waals surface area contributed by atoms with E-state index < -0.39 is 9.85 Å². The van der Waals surface area contributed by atoms with Crippen LogP contribution in [0.1, 0.15) is 63.9 Å². The summed E-state index contributed by atoms with van der Waals surface area (Å²) in [4.78, 5) is 45.3. The summed E-state index contributed by atoms with van der Waals surface area (Å²) >= 11 is 0. The van der Waals surface area contributed by atoms with Crippen molar-refractivity contribution in [2.24, 2.45) is 0 Å². The smallest absolute Gasteiger partial charge is 0.273 e. The molecule has 0 saturated carbocycles. The summed E-state index contributed by atoms with van der Waals surface area (Å²) in [6.07, 6.45) is 4.27. The summed E-state index contributed by atoms with van der Waals surface area (Å²) in [7, 11) is 0. The second kappa shape index (κ2) is 12.3. The molecule has 0 unspecified atom stereocenters. The lowest BCUT2D eigenvalue weighted by molar-refractivity contribution is -0.385. The van der Waals surface area contributed by atoms with Gasteiger partial charge in [-0.2, -0.15) is 0 Å². The number of nitro groups is 2. The number of hydrogen-bond donors (Lipinski definition) is 2. The second-order valence-electron chi connectivity index (χ2n) is 7.80. The van der Waals surface area contributed by atoms with Crippen molar-refractivity contribution in [1.82, 2.24) is 10.6 Å². The molecule has 0 aliphatic rings. The van der Waals surface area contributed by atoms with E-state index in [1.807, 2.05) is 0 Å². The summed E-state index contributed by atoms with van der Waals surface area (Å²) in [6.45, 7) is 4.20. The number of unbranched alkanes of at least 4 members (excludes halogenated alkanes) is 4. The average molecular weight is 456 g/mol. The van der Waals surface area contributed by atoms with E-state index in [0.717, 1.165) is 32.1 Å². The predicted molar refractivity (Wildman–Crippen MR) is 123 cm³/mol. The van der Waals surface area contributed by atoms with Gasteiger partial charge in [-0.3, -0.25) is 29.8 Å². The predicted octanol–water partition coefficient (Wildman–Crippen LogP) is 4.23. The Kier molecular flexibility index (Phi) is 9.46. The van der Waals surface area contributed by atoms with Crippen LogP contribution in [0.15, 0.2) is 36.4 Å². The van der Waals surface area contributed by atoms with E-state index >= 15 is 0 Å². The molecule has 2 aromatic rings. The molecule has 2 aromatic carbocycles. The molecule has 2 rings (SSSR count). The minimum absolute atomic E-state index is 0.0738. The first-order valence-electron chi connectivity index (χ1n) is 10.8. The quantitative estimate of drug-likeness (QED) is 0.278. The van der Waals surface area contributed by atoms with E-state index in [1.165, 1.54) is 12.1 Å². The van der Waals surface area contributed by atoms with Crippen molar-refractivity contribution in [3.63, 3.8) is 0 Å². The van der Waals surface area contributed by atoms with Crippen molar-refractivity contribution in [2.45, 2.75) is 46.0 Å². The molecule has 0 heterocycles. The zero-order valence-electron chi connectivity index (χ0n) is 18.8. The Bertz CT molecular complexity index is 956. The lowest BCUT2D eigenvalue weighted by Crippen LogP contribution is -2.25. The first kappa shape index (κ1) is 25.4. The third kappa shape index (κ3) is 7.67. The molecule has 0 saturated heterocycles. The normalized spacial score (nSPS) is 10.5. The molecule has 0 fully saturated rings. The third-order valence-corrected chi connectivity index (χ3v) is 5.26. The molecule has 0 bridgehead atoms. The minimum atomic E-state index is -0.501. The molecular formula is C23H28N4O6. The largest absolute Gasteiger partial charge is 0.352 e. The molecule has 0 aromatic heterocycles. The summed E-state index contributed by atoms with van der Waals surface area (Å²) in [5.74, 6) is -0.672. The lowest BCUT2D eigenvalue weighted by atomic mass is 10.1. The van der Waals surface area contributed by atoms with Crippen LogP contribution in [0, 0.1) is 34.1 Å². The lowest BCUT2D eigenvalue weighted by Gasteiger charge is -2.07. The van der Waals surface area contributed by atoms with Crippen molar-refractivity contribution in [3.05, 3.63) is 78.9 Å². The van der Waals surface area contributed by atoms with E-state index in [9.17, 15) is 29.8 Å². The molecule has 0 radical (unpaired) electrons. The van der Waals surface area contributed by atoms with Gasteiger partial charge in [-0.05, 0) is 38.8 Å². The van der Waals surface area contributed by atoms with Crippen LogP contribution in [0.25, 0.3) is 0 Å². The van der Waals surface area contributed by atoms with Crippen LogP contribution in [0.2, 0.25) is 0 Å². The van der Waals surface area contributed by atoms with Crippen LogP contribution in [0.3, 0.4) is 0 Å². The van der Waals surface area contributed by atoms with E-state index in [0.29, 0.717) is 24.2 Å². The maximum Gasteiger partial charge on any atom is 0.273 e. The highest BCUT2D eigenvalue weighted by atomic mass is 16.6. The number of hydrogen-bond acceptors (Lipinski definition) is 6. The first-order chi connectivity index (χ1) is 15.7. The molecule has 2 N–H and O–H groups in total. The van der Waals surface area contributed by atoms with Crippen LogP contribution in [0.5, 0.6) is 0 Å². The maximum absolute atomic E-state index is 12.2. The number of nitro benzene ring substituents is 2. The fourth-order valence-corrected chi connectivity index (χ4v) is 3.28. The Morgan fingerprint density at radius 1 is 0.697 bits per heavy atom. The zero-order valence-corrected chi connectivity index (χ0v) is 18.8. The van der Waals surface area contributed by atoms with Crippen LogP contribution >= 0.6 is 0 Å². The summed E-state index contributed by atoms with van der Waals surface area (Å²) in [5, 5.41) is 27.5. The molecule has 33 heavy (non-hydrogen) atoms. The van der Waals surface area contributed by atoms with Crippen molar-refractivity contribution in [2.75, 3.05) is 13.1 Å². The third-order valence-electron chi connectivity index (χ3n) is 5.26. The van der Waals surface area contributed by atoms with Gasteiger partial charge in [0.05, 0.1) is 9.85 Å². The number of nitrogens with one attached hydrogen (secondary N) is 2. The van der Waals surface area contributed by atoms with Crippen molar-refractivity contribution in [3.8, 4) is 0 Å². The highest BCUT2D eigenvalue weighted by molar-refractivity contribution is 5.95. The number of carbonyl (C=O) groups excluding carboxylic acids is 2. The number of rotatable bonds is 12. The number of nitrogens with zero attached hydrogens (tertiary/aromatic N) is 2. The van der Waals surface area contributed by atoms with Gasteiger partial charge in [0.1, 0.15) is 0 Å². The van der Waals surface area contributed by atoms with Gasteiger partial charge >= 0.3 is 0 Å². The van der Waals surface area contributed by atoms with Crippen molar-refractivity contribution >= 4 is 23.2 Å². The summed E-state index contributed by atoms with van der Waals surface area (Å²) in [6, 6.07) is 8.83. The van der Waals surface area contributed by atoms with Crippen LogP contribution in [-0.4, -0.2) is 34.8 Å². The maximum atomic E-state index is 12.2. The topological polar surface area (TPSA) is 144 Å². The van der Waals surface area contributed by atoms with Gasteiger partial charge in [0.15, 0.2) is 0 Å². The van der Waals surface area contributed by atoms with E-state index in [1.54, 1.807) is 38.1 Å². The molecule has 10 heteroatoms. The van der Waals surface area contributed by atoms with Gasteiger partial charge in [-0.25, -0.2) is 0 Å². The van der Waals surface area contributed by atoms with Gasteiger partial charge in [0.25, 0.3) is 23.2 Å². The summed E-state index contributed by atoms with van der Waals surface area (Å²) in [5.41, 5.74) is 1.40. The monoisotopic (exact) mass is 456 g/mol. The Labute approximate surface area is 191 Å². The Hall–Kier alpha value is -3.82. The number of benzene rings is 2. The van der Waals surface area contributed by atoms with Gasteiger partial charge in [-0.15, -0.1) is 0 Å². The Morgan fingerprint density at radius 3 is 1.42 bits per heavy atom. The zero-order chi connectivity index (χ0) is 24.4. The van der Waals surface area contributed by atoms with E-state index in [-0.39, 0.29) is 34.3 Å². The molecule has 176 valence electrons. The van der Waals surface area contributed by atoms with Crippen molar-refractivity contribution in [1.29, 1.82) is 0 Å². The highest BCUT2D eigenvalue weighted by Gasteiger charge is 2.15. The van der Waals surface area contributed by atoms with Gasteiger partial charge < -0.3 is 10.6 Å².